The Morgan fingerprint density at radius 3 is 2.20 bits per heavy atom. The fourth-order valence-electron chi connectivity index (χ4n) is 3.78. The van der Waals surface area contributed by atoms with Gasteiger partial charge in [-0.05, 0) is 12.5 Å². The topological polar surface area (TPSA) is 69.7 Å². The van der Waals surface area contributed by atoms with Gasteiger partial charge in [0.1, 0.15) is 7.14 Å². The molecule has 0 N–H and O–H groups in total. The summed E-state index contributed by atoms with van der Waals surface area (Å²) in [5.74, 6) is -1.94. The molecule has 1 aromatic rings. The minimum Gasteiger partial charge on any atom is -0.466 e. The molecule has 25 heavy (non-hydrogen) atoms. The van der Waals surface area contributed by atoms with Crippen LogP contribution >= 0.6 is 18.7 Å². The normalized spacial score (nSPS) is 28.2. The molecule has 2 aliphatic heterocycles. The zero-order valence-electron chi connectivity index (χ0n) is 14.1. The molecular formula is C18H18ClO5P. The zero-order valence-corrected chi connectivity index (χ0v) is 15.8. The molecule has 0 radical (unpaired) electrons. The summed E-state index contributed by atoms with van der Waals surface area (Å²) >= 11 is 6.45. The van der Waals surface area contributed by atoms with Gasteiger partial charge in [-0.1, -0.05) is 41.9 Å². The molecule has 2 heterocycles. The Morgan fingerprint density at radius 2 is 1.64 bits per heavy atom. The van der Waals surface area contributed by atoms with E-state index in [4.69, 9.17) is 21.1 Å². The van der Waals surface area contributed by atoms with Crippen LogP contribution in [0.2, 0.25) is 0 Å². The Morgan fingerprint density at radius 1 is 1.08 bits per heavy atom. The van der Waals surface area contributed by atoms with Crippen LogP contribution in [0.3, 0.4) is 0 Å². The van der Waals surface area contributed by atoms with E-state index in [0.717, 1.165) is 0 Å². The summed E-state index contributed by atoms with van der Waals surface area (Å²) in [7, 11) is -0.559. The lowest BCUT2D eigenvalue weighted by Crippen LogP contribution is -2.42. The number of halogens is 1. The fraction of sp³-hybridized carbons (Fsp3) is 0.333. The van der Waals surface area contributed by atoms with E-state index in [-0.39, 0.29) is 17.3 Å². The van der Waals surface area contributed by atoms with Crippen LogP contribution in [-0.2, 0) is 23.6 Å². The number of benzene rings is 1. The van der Waals surface area contributed by atoms with Crippen molar-refractivity contribution in [1.29, 1.82) is 0 Å². The number of methoxy groups -OCH3 is 2. The van der Waals surface area contributed by atoms with Gasteiger partial charge in [0.25, 0.3) is 0 Å². The number of allylic oxidation sites excluding steroid dienone is 2. The third-order valence-electron chi connectivity index (χ3n) is 4.88. The first-order valence-corrected chi connectivity index (χ1v) is 10.1. The maximum atomic E-state index is 14.0. The minimum atomic E-state index is -3.04. The molecular weight excluding hydrogens is 363 g/mol. The standard InChI is InChI=1S/C18H18ClO5P/c1-10-15(19)12-9-25(22,11-7-5-4-6-8-11)16(10)14(18(21)24-3)13(12)17(20)23-2/h4-8,12,16H,9H2,1-3H3/t12-,16-,25?/m0/s1. The van der Waals surface area contributed by atoms with Gasteiger partial charge in [-0.25, -0.2) is 9.59 Å². The summed E-state index contributed by atoms with van der Waals surface area (Å²) in [5, 5.41) is 1.12. The summed E-state index contributed by atoms with van der Waals surface area (Å²) in [4.78, 5) is 24.8. The number of carbonyl (C=O) groups is 2. The third-order valence-corrected chi connectivity index (χ3v) is 9.00. The number of hydrogen-bond acceptors (Lipinski definition) is 5. The molecule has 5 nitrogen and oxygen atoms in total. The highest BCUT2D eigenvalue weighted by atomic mass is 35.5. The van der Waals surface area contributed by atoms with Crippen molar-refractivity contribution in [3.8, 4) is 0 Å². The van der Waals surface area contributed by atoms with Crippen LogP contribution in [0.1, 0.15) is 6.92 Å². The van der Waals surface area contributed by atoms with E-state index >= 15 is 0 Å². The second-order valence-corrected chi connectivity index (χ2v) is 9.51. The number of fused-ring (bicyclic) bond motifs is 1. The van der Waals surface area contributed by atoms with Gasteiger partial charge in [-0.2, -0.15) is 0 Å². The molecule has 0 saturated heterocycles. The Hall–Kier alpha value is -1.84. The highest BCUT2D eigenvalue weighted by Crippen LogP contribution is 2.66. The minimum absolute atomic E-state index is 0.111. The number of hydrogen-bond donors (Lipinski definition) is 0. The molecule has 0 spiro atoms. The molecule has 2 bridgehead atoms. The van der Waals surface area contributed by atoms with Crippen molar-refractivity contribution in [2.24, 2.45) is 5.92 Å². The van der Waals surface area contributed by atoms with Crippen LogP contribution in [-0.4, -0.2) is 38.0 Å². The molecule has 0 fully saturated rings. The molecule has 132 valence electrons. The van der Waals surface area contributed by atoms with E-state index < -0.39 is 30.7 Å². The van der Waals surface area contributed by atoms with Gasteiger partial charge in [0.2, 0.25) is 0 Å². The molecule has 1 aromatic carbocycles. The van der Waals surface area contributed by atoms with Gasteiger partial charge in [0, 0.05) is 22.4 Å². The van der Waals surface area contributed by atoms with E-state index in [1.54, 1.807) is 31.2 Å². The zero-order chi connectivity index (χ0) is 18.4. The Bertz CT molecular complexity index is 855. The van der Waals surface area contributed by atoms with E-state index in [0.29, 0.717) is 15.9 Å². The Balaban J connectivity index is 2.29. The van der Waals surface area contributed by atoms with Gasteiger partial charge in [-0.15, -0.1) is 0 Å². The summed E-state index contributed by atoms with van der Waals surface area (Å²) in [6.07, 6.45) is 0.197. The molecule has 3 atom stereocenters. The van der Waals surface area contributed by atoms with Crippen molar-refractivity contribution in [1.82, 2.24) is 0 Å². The quantitative estimate of drug-likeness (QED) is 0.595. The number of carbonyl (C=O) groups excluding carboxylic acids is 2. The first-order valence-electron chi connectivity index (χ1n) is 7.78. The van der Waals surface area contributed by atoms with Gasteiger partial charge in [0.05, 0.1) is 31.0 Å². The molecule has 1 aliphatic carbocycles. The Labute approximate surface area is 151 Å². The molecule has 3 aliphatic rings. The molecule has 0 amide bonds. The van der Waals surface area contributed by atoms with Crippen LogP contribution in [0.4, 0.5) is 0 Å². The first kappa shape index (κ1) is 18.0. The van der Waals surface area contributed by atoms with Crippen LogP contribution in [0.5, 0.6) is 0 Å². The van der Waals surface area contributed by atoms with Gasteiger partial charge >= 0.3 is 11.9 Å². The summed E-state index contributed by atoms with van der Waals surface area (Å²) in [6.45, 7) is 1.76. The molecule has 0 aromatic heterocycles. The third kappa shape index (κ3) is 2.57. The molecule has 7 heteroatoms. The number of ether oxygens (including phenoxy) is 2. The highest BCUT2D eigenvalue weighted by Gasteiger charge is 2.55. The predicted octanol–water partition coefficient (Wildman–Crippen LogP) is 2.84. The van der Waals surface area contributed by atoms with Crippen molar-refractivity contribution >= 4 is 36.0 Å². The summed E-state index contributed by atoms with van der Waals surface area (Å²) < 4.78 is 23.7. The van der Waals surface area contributed by atoms with E-state index in [9.17, 15) is 14.2 Å². The lowest BCUT2D eigenvalue weighted by Gasteiger charge is -2.44. The smallest absolute Gasteiger partial charge is 0.335 e. The van der Waals surface area contributed by atoms with Crippen LogP contribution < -0.4 is 5.30 Å². The largest absolute Gasteiger partial charge is 0.466 e. The van der Waals surface area contributed by atoms with E-state index in [1.165, 1.54) is 14.2 Å². The lowest BCUT2D eigenvalue weighted by molar-refractivity contribution is -0.139. The monoisotopic (exact) mass is 380 g/mol. The van der Waals surface area contributed by atoms with E-state index in [2.05, 4.69) is 0 Å². The van der Waals surface area contributed by atoms with Gasteiger partial charge in [-0.3, -0.25) is 0 Å². The first-order chi connectivity index (χ1) is 11.9. The summed E-state index contributed by atoms with van der Waals surface area (Å²) in [5.41, 5.74) is 0.157. The lowest BCUT2D eigenvalue weighted by atomic mass is 9.83. The maximum Gasteiger partial charge on any atom is 0.335 e. The summed E-state index contributed by atoms with van der Waals surface area (Å²) in [6, 6.07) is 9.02. The maximum absolute atomic E-state index is 14.0. The van der Waals surface area contributed by atoms with Crippen molar-refractivity contribution in [2.45, 2.75) is 12.6 Å². The SMILES string of the molecule is COC(=O)C1=C(C(=O)OC)[C@@H]2C(C)=C(Cl)[C@H]1CP2(=O)c1ccccc1. The predicted molar refractivity (Wildman–Crippen MR) is 95.4 cm³/mol. The number of esters is 2. The van der Waals surface area contributed by atoms with Gasteiger partial charge in [0.15, 0.2) is 0 Å². The van der Waals surface area contributed by atoms with Crippen LogP contribution in [0.25, 0.3) is 0 Å². The van der Waals surface area contributed by atoms with Crippen molar-refractivity contribution in [3.63, 3.8) is 0 Å². The molecule has 4 rings (SSSR count). The number of rotatable bonds is 3. The van der Waals surface area contributed by atoms with Gasteiger partial charge < -0.3 is 14.0 Å². The second kappa shape index (κ2) is 6.47. The van der Waals surface area contributed by atoms with Crippen LogP contribution in [0.15, 0.2) is 52.1 Å². The van der Waals surface area contributed by atoms with Crippen molar-refractivity contribution < 1.29 is 23.6 Å². The average Bonchev–Trinajstić information content (AvgIpc) is 2.64. The van der Waals surface area contributed by atoms with E-state index in [1.807, 2.05) is 6.07 Å². The fourth-order valence-corrected chi connectivity index (χ4v) is 7.99. The van der Waals surface area contributed by atoms with Crippen molar-refractivity contribution in [3.05, 3.63) is 52.1 Å². The highest BCUT2D eigenvalue weighted by molar-refractivity contribution is 7.73. The Kier molecular flexibility index (Phi) is 4.65. The molecule has 0 saturated carbocycles. The molecule has 1 unspecified atom stereocenters. The van der Waals surface area contributed by atoms with Crippen molar-refractivity contribution in [2.75, 3.05) is 20.4 Å². The average molecular weight is 381 g/mol. The van der Waals surface area contributed by atoms with Crippen LogP contribution in [0, 0.1) is 5.92 Å². The second-order valence-electron chi connectivity index (χ2n) is 6.11.